The normalized spacial score (nSPS) is 11.5. The molecule has 1 amide bonds. The highest BCUT2D eigenvalue weighted by Crippen LogP contribution is 2.09. The Kier molecular flexibility index (Phi) is 3.35. The van der Waals surface area contributed by atoms with Gasteiger partial charge in [0.1, 0.15) is 11.7 Å². The molecular formula is C9H10FN3O2. The lowest BCUT2D eigenvalue weighted by molar-refractivity contribution is 0.205. The Hall–Kier alpha value is -1.95. The average Bonchev–Trinajstić information content (AvgIpc) is 2.16. The number of carboxylic acid groups (broad SMARTS) is 1. The molecule has 1 aromatic rings. The number of nitrogens with two attached hydrogens (primary N) is 2. The quantitative estimate of drug-likeness (QED) is 0.494. The maximum absolute atomic E-state index is 13.3. The summed E-state index contributed by atoms with van der Waals surface area (Å²) in [4.78, 5) is 13.2. The summed E-state index contributed by atoms with van der Waals surface area (Å²) in [5.74, 6) is -1.01. The Morgan fingerprint density at radius 1 is 1.53 bits per heavy atom. The summed E-state index contributed by atoms with van der Waals surface area (Å²) in [7, 11) is 0. The van der Waals surface area contributed by atoms with E-state index in [0.717, 1.165) is 0 Å². The molecule has 0 spiro atoms. The summed E-state index contributed by atoms with van der Waals surface area (Å²) in [6.07, 6.45) is -1.46. The van der Waals surface area contributed by atoms with Crippen LogP contribution in [0.25, 0.3) is 0 Å². The highest BCUT2D eigenvalue weighted by molar-refractivity contribution is 6.02. The fraction of sp³-hybridized carbons (Fsp3) is 0.111. The summed E-state index contributed by atoms with van der Waals surface area (Å²) in [6, 6.07) is 4.10. The van der Waals surface area contributed by atoms with Crippen molar-refractivity contribution < 1.29 is 14.3 Å². The molecule has 0 atom stereocenters. The molecule has 80 valence electrons. The van der Waals surface area contributed by atoms with Crippen LogP contribution in [-0.4, -0.2) is 17.0 Å². The van der Waals surface area contributed by atoms with Crippen molar-refractivity contribution in [1.82, 2.24) is 0 Å². The molecule has 0 heterocycles. The second-order valence-electron chi connectivity index (χ2n) is 2.80. The topological polar surface area (TPSA) is 102 Å². The predicted molar refractivity (Wildman–Crippen MR) is 53.0 cm³/mol. The molecule has 5 N–H and O–H groups in total. The number of nitrogens with zero attached hydrogens (tertiary/aromatic N) is 1. The van der Waals surface area contributed by atoms with E-state index in [1.165, 1.54) is 12.1 Å². The van der Waals surface area contributed by atoms with E-state index in [-0.39, 0.29) is 17.9 Å². The maximum Gasteiger partial charge on any atom is 0.433 e. The van der Waals surface area contributed by atoms with E-state index in [2.05, 4.69) is 4.99 Å². The van der Waals surface area contributed by atoms with Crippen LogP contribution in [0.5, 0.6) is 0 Å². The smallest absolute Gasteiger partial charge is 0.433 e. The summed E-state index contributed by atoms with van der Waals surface area (Å²) in [5.41, 5.74) is 11.1. The lowest BCUT2D eigenvalue weighted by Crippen LogP contribution is -2.17. The zero-order valence-corrected chi connectivity index (χ0v) is 7.77. The third-order valence-electron chi connectivity index (χ3n) is 1.76. The van der Waals surface area contributed by atoms with Crippen LogP contribution in [0.3, 0.4) is 0 Å². The summed E-state index contributed by atoms with van der Waals surface area (Å²) >= 11 is 0. The standard InChI is InChI=1S/C9H10FN3O2/c10-7-3-5(4-11)1-2-6(7)8(12)13-9(14)15/h1-3H,4,11H2,(H2,12,13)(H,14,15). The van der Waals surface area contributed by atoms with Gasteiger partial charge < -0.3 is 16.6 Å². The van der Waals surface area contributed by atoms with Gasteiger partial charge in [-0.05, 0) is 17.7 Å². The van der Waals surface area contributed by atoms with Crippen molar-refractivity contribution in [1.29, 1.82) is 0 Å². The van der Waals surface area contributed by atoms with Crippen LogP contribution in [0.2, 0.25) is 0 Å². The number of hydrogen-bond acceptors (Lipinski definition) is 2. The minimum atomic E-state index is -1.46. The Morgan fingerprint density at radius 3 is 2.67 bits per heavy atom. The van der Waals surface area contributed by atoms with Crippen molar-refractivity contribution in [3.63, 3.8) is 0 Å². The van der Waals surface area contributed by atoms with Gasteiger partial charge in [0, 0.05) is 6.54 Å². The van der Waals surface area contributed by atoms with E-state index < -0.39 is 11.9 Å². The molecule has 0 aliphatic heterocycles. The molecule has 0 radical (unpaired) electrons. The molecule has 6 heteroatoms. The number of amides is 1. The number of aliphatic imine (C=N–C) groups is 1. The lowest BCUT2D eigenvalue weighted by Gasteiger charge is -2.03. The van der Waals surface area contributed by atoms with Gasteiger partial charge in [-0.2, -0.15) is 4.99 Å². The van der Waals surface area contributed by atoms with Gasteiger partial charge in [0.25, 0.3) is 0 Å². The molecule has 0 aliphatic carbocycles. The minimum Gasteiger partial charge on any atom is -0.463 e. The number of carbonyl (C=O) groups is 1. The van der Waals surface area contributed by atoms with Gasteiger partial charge in [0.05, 0.1) is 5.56 Å². The predicted octanol–water partition coefficient (Wildman–Crippen LogP) is 0.668. The molecular weight excluding hydrogens is 201 g/mol. The van der Waals surface area contributed by atoms with Crippen LogP contribution in [0.1, 0.15) is 11.1 Å². The van der Waals surface area contributed by atoms with Crippen molar-refractivity contribution in [2.45, 2.75) is 6.54 Å². The van der Waals surface area contributed by atoms with E-state index >= 15 is 0 Å². The highest BCUT2D eigenvalue weighted by atomic mass is 19.1. The average molecular weight is 211 g/mol. The largest absolute Gasteiger partial charge is 0.463 e. The first-order valence-electron chi connectivity index (χ1n) is 4.10. The van der Waals surface area contributed by atoms with Crippen molar-refractivity contribution in [3.8, 4) is 0 Å². The lowest BCUT2D eigenvalue weighted by atomic mass is 10.1. The number of halogens is 1. The van der Waals surface area contributed by atoms with Crippen molar-refractivity contribution in [2.24, 2.45) is 16.5 Å². The fourth-order valence-corrected chi connectivity index (χ4v) is 1.06. The minimum absolute atomic E-state index is 0.0467. The maximum atomic E-state index is 13.3. The number of rotatable bonds is 2. The highest BCUT2D eigenvalue weighted by Gasteiger charge is 2.08. The van der Waals surface area contributed by atoms with Crippen LogP contribution >= 0.6 is 0 Å². The van der Waals surface area contributed by atoms with Gasteiger partial charge in [0.2, 0.25) is 0 Å². The number of hydrogen-bond donors (Lipinski definition) is 3. The van der Waals surface area contributed by atoms with E-state index in [1.807, 2.05) is 0 Å². The van der Waals surface area contributed by atoms with Crippen LogP contribution in [0, 0.1) is 5.82 Å². The Balaban J connectivity index is 3.11. The van der Waals surface area contributed by atoms with Crippen LogP contribution in [0.4, 0.5) is 9.18 Å². The number of amidine groups is 1. The zero-order chi connectivity index (χ0) is 11.4. The van der Waals surface area contributed by atoms with Gasteiger partial charge in [-0.1, -0.05) is 6.07 Å². The molecule has 0 bridgehead atoms. The molecule has 5 nitrogen and oxygen atoms in total. The zero-order valence-electron chi connectivity index (χ0n) is 7.77. The second-order valence-corrected chi connectivity index (χ2v) is 2.80. The third kappa shape index (κ3) is 2.75. The summed E-state index contributed by atoms with van der Waals surface area (Å²) < 4.78 is 13.3. The first-order chi connectivity index (χ1) is 7.04. The van der Waals surface area contributed by atoms with Gasteiger partial charge in [-0.3, -0.25) is 0 Å². The van der Waals surface area contributed by atoms with Gasteiger partial charge in [0.15, 0.2) is 0 Å². The van der Waals surface area contributed by atoms with E-state index in [9.17, 15) is 9.18 Å². The molecule has 0 aliphatic rings. The van der Waals surface area contributed by atoms with Gasteiger partial charge >= 0.3 is 6.09 Å². The van der Waals surface area contributed by atoms with Crippen LogP contribution in [0.15, 0.2) is 23.2 Å². The molecule has 0 fully saturated rings. The van der Waals surface area contributed by atoms with Crippen molar-refractivity contribution in [2.75, 3.05) is 0 Å². The summed E-state index contributed by atoms with van der Waals surface area (Å²) in [5, 5.41) is 8.33. The molecule has 15 heavy (non-hydrogen) atoms. The SMILES string of the molecule is NCc1ccc(C(N)=NC(=O)O)c(F)c1. The van der Waals surface area contributed by atoms with E-state index in [1.54, 1.807) is 6.07 Å². The third-order valence-corrected chi connectivity index (χ3v) is 1.76. The van der Waals surface area contributed by atoms with Gasteiger partial charge in [-0.25, -0.2) is 9.18 Å². The molecule has 0 unspecified atom stereocenters. The second kappa shape index (κ2) is 4.52. The first kappa shape index (κ1) is 11.1. The molecule has 1 aromatic carbocycles. The molecule has 0 aromatic heterocycles. The van der Waals surface area contributed by atoms with Crippen molar-refractivity contribution >= 4 is 11.9 Å². The number of benzene rings is 1. The first-order valence-corrected chi connectivity index (χ1v) is 4.10. The Morgan fingerprint density at radius 2 is 2.20 bits per heavy atom. The summed E-state index contributed by atoms with van der Waals surface area (Å²) in [6.45, 7) is 0.202. The molecule has 1 rings (SSSR count). The fourth-order valence-electron chi connectivity index (χ4n) is 1.06. The monoisotopic (exact) mass is 211 g/mol. The Bertz CT molecular complexity index is 418. The van der Waals surface area contributed by atoms with Crippen LogP contribution < -0.4 is 11.5 Å². The van der Waals surface area contributed by atoms with Gasteiger partial charge in [-0.15, -0.1) is 0 Å². The van der Waals surface area contributed by atoms with E-state index in [4.69, 9.17) is 16.6 Å². The molecule has 0 saturated carbocycles. The van der Waals surface area contributed by atoms with E-state index in [0.29, 0.717) is 5.56 Å². The Labute approximate surface area is 85.2 Å². The van der Waals surface area contributed by atoms with Crippen molar-refractivity contribution in [3.05, 3.63) is 35.1 Å². The molecule has 0 saturated heterocycles. The van der Waals surface area contributed by atoms with Crippen LogP contribution in [-0.2, 0) is 6.54 Å².